The molecule has 1 fully saturated rings. The first-order valence-electron chi connectivity index (χ1n) is 7.40. The number of aromatic hydroxyl groups is 1. The molecule has 1 amide bonds. The van der Waals surface area contributed by atoms with Crippen molar-refractivity contribution in [3.8, 4) is 5.75 Å². The Balaban J connectivity index is 1.69. The number of phenols is 1. The van der Waals surface area contributed by atoms with Gasteiger partial charge in [-0.25, -0.2) is 4.98 Å². The van der Waals surface area contributed by atoms with Crippen molar-refractivity contribution in [2.75, 3.05) is 4.90 Å². The van der Waals surface area contributed by atoms with E-state index in [1.165, 1.54) is 22.7 Å². The fraction of sp³-hybridized carbons (Fsp3) is 0. The summed E-state index contributed by atoms with van der Waals surface area (Å²) in [5.41, 5.74) is 2.69. The third-order valence-electron chi connectivity index (χ3n) is 3.63. The number of phenolic OH excluding ortho intramolecular Hbond substituents is 1. The molecule has 1 aliphatic rings. The molecule has 1 N–H and O–H groups in total. The number of hydrogen-bond donors (Lipinski definition) is 1. The van der Waals surface area contributed by atoms with Gasteiger partial charge in [0, 0.05) is 6.07 Å². The van der Waals surface area contributed by atoms with Gasteiger partial charge in [0.2, 0.25) is 0 Å². The van der Waals surface area contributed by atoms with Crippen molar-refractivity contribution in [3.63, 3.8) is 0 Å². The molecule has 0 unspecified atom stereocenters. The highest BCUT2D eigenvalue weighted by atomic mass is 32.2. The fourth-order valence-electron chi connectivity index (χ4n) is 2.50. The number of benzene rings is 2. The molecule has 4 rings (SSSR count). The molecular formula is C18H11N3O2S2. The molecule has 0 aliphatic carbocycles. The lowest BCUT2D eigenvalue weighted by atomic mass is 10.2. The minimum atomic E-state index is -0.240. The summed E-state index contributed by atoms with van der Waals surface area (Å²) in [7, 11) is 0. The molecule has 0 radical (unpaired) electrons. The Morgan fingerprint density at radius 1 is 1.12 bits per heavy atom. The second-order valence-corrected chi connectivity index (χ2v) is 7.00. The molecule has 0 saturated carbocycles. The van der Waals surface area contributed by atoms with Crippen LogP contribution in [-0.2, 0) is 4.79 Å². The minimum Gasteiger partial charge on any atom is -0.508 e. The van der Waals surface area contributed by atoms with Crippen LogP contribution in [0.2, 0.25) is 0 Å². The normalized spacial score (nSPS) is 16.2. The predicted molar refractivity (Wildman–Crippen MR) is 103 cm³/mol. The van der Waals surface area contributed by atoms with Crippen LogP contribution in [0.4, 0.5) is 5.69 Å². The van der Waals surface area contributed by atoms with E-state index in [4.69, 9.17) is 12.2 Å². The molecule has 5 nitrogen and oxygen atoms in total. The van der Waals surface area contributed by atoms with E-state index in [2.05, 4.69) is 9.97 Å². The van der Waals surface area contributed by atoms with Crippen molar-refractivity contribution in [2.45, 2.75) is 0 Å². The number of rotatable bonds is 2. The van der Waals surface area contributed by atoms with Gasteiger partial charge in [-0.2, -0.15) is 0 Å². The maximum atomic E-state index is 12.7. The van der Waals surface area contributed by atoms with Crippen LogP contribution in [0, 0.1) is 0 Å². The number of hydrogen-bond acceptors (Lipinski definition) is 6. The van der Waals surface area contributed by atoms with Crippen molar-refractivity contribution in [1.29, 1.82) is 0 Å². The molecule has 25 heavy (non-hydrogen) atoms. The first-order valence-corrected chi connectivity index (χ1v) is 8.63. The van der Waals surface area contributed by atoms with Gasteiger partial charge in [-0.1, -0.05) is 42.2 Å². The molecule has 0 atom stereocenters. The van der Waals surface area contributed by atoms with Crippen molar-refractivity contribution in [2.24, 2.45) is 0 Å². The molecule has 0 bridgehead atoms. The van der Waals surface area contributed by atoms with Gasteiger partial charge in [0.1, 0.15) is 5.75 Å². The third kappa shape index (κ3) is 2.99. The van der Waals surface area contributed by atoms with E-state index in [1.807, 2.05) is 24.3 Å². The average molecular weight is 365 g/mol. The highest BCUT2D eigenvalue weighted by Crippen LogP contribution is 2.36. The summed E-state index contributed by atoms with van der Waals surface area (Å²) in [6.07, 6.45) is 3.31. The molecule has 122 valence electrons. The van der Waals surface area contributed by atoms with Crippen LogP contribution in [-0.4, -0.2) is 25.3 Å². The number of carbonyl (C=O) groups excluding carboxylic acids is 1. The van der Waals surface area contributed by atoms with E-state index in [-0.39, 0.29) is 11.7 Å². The van der Waals surface area contributed by atoms with Crippen molar-refractivity contribution in [3.05, 3.63) is 65.3 Å². The van der Waals surface area contributed by atoms with Crippen LogP contribution >= 0.6 is 24.0 Å². The smallest absolute Gasteiger partial charge is 0.270 e. The Hall–Kier alpha value is -2.77. The Labute approximate surface area is 153 Å². The predicted octanol–water partition coefficient (Wildman–Crippen LogP) is 3.74. The van der Waals surface area contributed by atoms with Gasteiger partial charge in [-0.3, -0.25) is 14.7 Å². The number of thiocarbonyl (C=S) groups is 1. The number of nitrogens with zero attached hydrogens (tertiary/aromatic N) is 3. The fourth-order valence-corrected chi connectivity index (χ4v) is 3.78. The average Bonchev–Trinajstić information content (AvgIpc) is 2.88. The Bertz CT molecular complexity index is 1050. The van der Waals surface area contributed by atoms with Gasteiger partial charge in [0.25, 0.3) is 5.91 Å². The van der Waals surface area contributed by atoms with Crippen LogP contribution in [0.1, 0.15) is 5.69 Å². The zero-order valence-corrected chi connectivity index (χ0v) is 14.4. The molecule has 0 spiro atoms. The van der Waals surface area contributed by atoms with E-state index in [0.29, 0.717) is 20.6 Å². The van der Waals surface area contributed by atoms with E-state index in [0.717, 1.165) is 11.0 Å². The van der Waals surface area contributed by atoms with Gasteiger partial charge >= 0.3 is 0 Å². The summed E-state index contributed by atoms with van der Waals surface area (Å²) in [5, 5.41) is 9.63. The molecule has 2 heterocycles. The Morgan fingerprint density at radius 2 is 1.92 bits per heavy atom. The monoisotopic (exact) mass is 365 g/mol. The quantitative estimate of drug-likeness (QED) is 0.551. The second kappa shape index (κ2) is 6.27. The summed E-state index contributed by atoms with van der Waals surface area (Å²) in [6.45, 7) is 0. The second-order valence-electron chi connectivity index (χ2n) is 5.32. The van der Waals surface area contributed by atoms with E-state index < -0.39 is 0 Å². The Morgan fingerprint density at radius 3 is 2.72 bits per heavy atom. The number of thioether (sulfide) groups is 1. The zero-order valence-electron chi connectivity index (χ0n) is 12.8. The summed E-state index contributed by atoms with van der Waals surface area (Å²) >= 11 is 6.52. The number of aromatic nitrogens is 2. The standard InChI is InChI=1S/C18H11N3O2S2/c22-13-5-3-4-12(9-13)21-17(23)16(25-18(21)24)8-11-10-19-14-6-1-2-7-15(14)20-11/h1-10,22H. The summed E-state index contributed by atoms with van der Waals surface area (Å²) in [5.74, 6) is -0.161. The van der Waals surface area contributed by atoms with Crippen molar-refractivity contribution < 1.29 is 9.90 Å². The van der Waals surface area contributed by atoms with E-state index >= 15 is 0 Å². The lowest BCUT2D eigenvalue weighted by Crippen LogP contribution is -2.27. The lowest BCUT2D eigenvalue weighted by molar-refractivity contribution is -0.113. The molecule has 2 aromatic carbocycles. The maximum Gasteiger partial charge on any atom is 0.270 e. The third-order valence-corrected chi connectivity index (χ3v) is 4.93. The highest BCUT2D eigenvalue weighted by Gasteiger charge is 2.33. The number of fused-ring (bicyclic) bond motifs is 1. The first kappa shape index (κ1) is 15.7. The van der Waals surface area contributed by atoms with Gasteiger partial charge in [-0.15, -0.1) is 0 Å². The van der Waals surface area contributed by atoms with Gasteiger partial charge in [0.05, 0.1) is 33.5 Å². The largest absolute Gasteiger partial charge is 0.508 e. The van der Waals surface area contributed by atoms with Crippen LogP contribution < -0.4 is 4.90 Å². The van der Waals surface area contributed by atoms with Crippen LogP contribution in [0.25, 0.3) is 17.1 Å². The van der Waals surface area contributed by atoms with Gasteiger partial charge < -0.3 is 5.11 Å². The summed E-state index contributed by atoms with van der Waals surface area (Å²) in [6, 6.07) is 14.0. The Kier molecular flexibility index (Phi) is 3.95. The lowest BCUT2D eigenvalue weighted by Gasteiger charge is -2.14. The number of anilines is 1. The van der Waals surface area contributed by atoms with Crippen molar-refractivity contribution >= 4 is 57.0 Å². The number of para-hydroxylation sites is 2. The number of carbonyl (C=O) groups is 1. The van der Waals surface area contributed by atoms with Crippen LogP contribution in [0.15, 0.2) is 59.6 Å². The highest BCUT2D eigenvalue weighted by molar-refractivity contribution is 8.27. The van der Waals surface area contributed by atoms with Gasteiger partial charge in [-0.05, 0) is 30.3 Å². The molecule has 1 aliphatic heterocycles. The maximum absolute atomic E-state index is 12.7. The first-order chi connectivity index (χ1) is 12.1. The zero-order chi connectivity index (χ0) is 17.4. The summed E-state index contributed by atoms with van der Waals surface area (Å²) in [4.78, 5) is 23.4. The number of amides is 1. The van der Waals surface area contributed by atoms with Crippen LogP contribution in [0.3, 0.4) is 0 Å². The molecule has 7 heteroatoms. The van der Waals surface area contributed by atoms with E-state index in [9.17, 15) is 9.90 Å². The minimum absolute atomic E-state index is 0.0796. The van der Waals surface area contributed by atoms with Gasteiger partial charge in [0.15, 0.2) is 4.32 Å². The molecular weight excluding hydrogens is 354 g/mol. The molecule has 1 aromatic heterocycles. The van der Waals surface area contributed by atoms with E-state index in [1.54, 1.807) is 30.5 Å². The van der Waals surface area contributed by atoms with Crippen molar-refractivity contribution in [1.82, 2.24) is 9.97 Å². The molecule has 1 saturated heterocycles. The SMILES string of the molecule is O=C1C(=Cc2cnc3ccccc3n2)SC(=S)N1c1cccc(O)c1. The topological polar surface area (TPSA) is 66.3 Å². The molecule has 3 aromatic rings. The van der Waals surface area contributed by atoms with Crippen LogP contribution in [0.5, 0.6) is 5.75 Å². The summed E-state index contributed by atoms with van der Waals surface area (Å²) < 4.78 is 0.413.